The Balaban J connectivity index is 3.47. The Labute approximate surface area is 164 Å². The molecule has 0 fully saturated rings. The van der Waals surface area contributed by atoms with Gasteiger partial charge in [0.25, 0.3) is 0 Å². The van der Waals surface area contributed by atoms with Gasteiger partial charge in [-0.1, -0.05) is 0 Å². The number of carbonyl (C=O) groups is 3. The van der Waals surface area contributed by atoms with E-state index in [1.807, 2.05) is 0 Å². The zero-order valence-electron chi connectivity index (χ0n) is 17.3. The summed E-state index contributed by atoms with van der Waals surface area (Å²) in [5.41, 5.74) is -2.12. The fraction of sp³-hybridized carbons (Fsp3) is 0.579. The molecule has 9 heteroatoms. The van der Waals surface area contributed by atoms with E-state index in [1.165, 1.54) is 7.11 Å². The van der Waals surface area contributed by atoms with E-state index in [4.69, 9.17) is 14.2 Å². The van der Waals surface area contributed by atoms with Crippen LogP contribution in [0.2, 0.25) is 0 Å². The summed E-state index contributed by atoms with van der Waals surface area (Å²) < 4.78 is 30.1. The normalized spacial score (nSPS) is 11.6. The number of methoxy groups -OCH3 is 1. The van der Waals surface area contributed by atoms with Crippen LogP contribution in [0.1, 0.15) is 53.7 Å². The number of ether oxygens (including phenoxy) is 3. The van der Waals surface area contributed by atoms with Gasteiger partial charge in [0.05, 0.1) is 12.8 Å². The number of aryl methyl sites for hydroxylation is 1. The Hall–Kier alpha value is -2.71. The van der Waals surface area contributed by atoms with Crippen molar-refractivity contribution in [3.63, 3.8) is 0 Å². The van der Waals surface area contributed by atoms with Gasteiger partial charge >= 0.3 is 12.2 Å². The van der Waals surface area contributed by atoms with Crippen LogP contribution in [-0.2, 0) is 20.7 Å². The van der Waals surface area contributed by atoms with Gasteiger partial charge in [-0.3, -0.25) is 0 Å². The minimum atomic E-state index is -1.07. The fourth-order valence-corrected chi connectivity index (χ4v) is 2.07. The molecule has 0 aromatic carbocycles. The second kappa shape index (κ2) is 8.99. The molecule has 0 unspecified atom stereocenters. The molecule has 0 radical (unpaired) electrons. The first kappa shape index (κ1) is 23.3. The van der Waals surface area contributed by atoms with Crippen LogP contribution in [0.15, 0.2) is 6.07 Å². The highest BCUT2D eigenvalue weighted by molar-refractivity contribution is 6.10. The van der Waals surface area contributed by atoms with Crippen LogP contribution < -0.4 is 9.64 Å². The molecular formula is C19H27FN2O6. The maximum Gasteiger partial charge on any atom is 0.424 e. The van der Waals surface area contributed by atoms with Crippen molar-refractivity contribution in [1.29, 1.82) is 0 Å². The Morgan fingerprint density at radius 2 is 1.61 bits per heavy atom. The Morgan fingerprint density at radius 3 is 2.00 bits per heavy atom. The summed E-state index contributed by atoms with van der Waals surface area (Å²) in [6, 6.07) is 0.930. The van der Waals surface area contributed by atoms with Gasteiger partial charge in [-0.25, -0.2) is 19.0 Å². The molecule has 1 heterocycles. The van der Waals surface area contributed by atoms with Gasteiger partial charge < -0.3 is 19.0 Å². The minimum Gasteiger partial charge on any atom is -0.479 e. The summed E-state index contributed by atoms with van der Waals surface area (Å²) in [5, 5.41) is 0. The summed E-state index contributed by atoms with van der Waals surface area (Å²) >= 11 is 0. The smallest absolute Gasteiger partial charge is 0.424 e. The molecule has 2 amide bonds. The first-order valence-corrected chi connectivity index (χ1v) is 8.72. The highest BCUT2D eigenvalue weighted by Gasteiger charge is 2.35. The Morgan fingerprint density at radius 1 is 1.11 bits per heavy atom. The summed E-state index contributed by atoms with van der Waals surface area (Å²) in [7, 11) is 1.26. The number of aromatic nitrogens is 1. The first-order valence-electron chi connectivity index (χ1n) is 8.72. The molecule has 1 aromatic rings. The van der Waals surface area contributed by atoms with E-state index in [0.29, 0.717) is 11.2 Å². The monoisotopic (exact) mass is 398 g/mol. The molecule has 156 valence electrons. The summed E-state index contributed by atoms with van der Waals surface area (Å²) in [4.78, 5) is 40.4. The van der Waals surface area contributed by atoms with E-state index in [9.17, 15) is 18.8 Å². The molecule has 0 aliphatic heterocycles. The molecule has 0 saturated carbocycles. The molecule has 0 bridgehead atoms. The van der Waals surface area contributed by atoms with Crippen molar-refractivity contribution >= 4 is 24.2 Å². The highest BCUT2D eigenvalue weighted by atomic mass is 19.1. The number of hydrogen-bond donors (Lipinski definition) is 0. The molecule has 0 N–H and O–H groups in total. The van der Waals surface area contributed by atoms with E-state index in [1.54, 1.807) is 41.5 Å². The van der Waals surface area contributed by atoms with Crippen molar-refractivity contribution < 1.29 is 33.0 Å². The van der Waals surface area contributed by atoms with Crippen LogP contribution in [-0.4, -0.2) is 41.8 Å². The second-order valence-electron chi connectivity index (χ2n) is 7.95. The van der Waals surface area contributed by atoms with E-state index in [-0.39, 0.29) is 30.1 Å². The third-order valence-corrected chi connectivity index (χ3v) is 3.08. The summed E-state index contributed by atoms with van der Waals surface area (Å²) in [6.07, 6.45) is -1.39. The van der Waals surface area contributed by atoms with Crippen LogP contribution in [0.4, 0.5) is 19.7 Å². The quantitative estimate of drug-likeness (QED) is 0.691. The lowest BCUT2D eigenvalue weighted by Crippen LogP contribution is -2.44. The van der Waals surface area contributed by atoms with E-state index >= 15 is 0 Å². The lowest BCUT2D eigenvalue weighted by Gasteiger charge is -2.29. The number of anilines is 1. The molecule has 0 aliphatic rings. The van der Waals surface area contributed by atoms with Crippen molar-refractivity contribution in [1.82, 2.24) is 4.98 Å². The number of pyridine rings is 1. The second-order valence-corrected chi connectivity index (χ2v) is 7.95. The average Bonchev–Trinajstić information content (AvgIpc) is 2.50. The molecule has 0 spiro atoms. The number of amides is 2. The Bertz CT molecular complexity index is 709. The van der Waals surface area contributed by atoms with Gasteiger partial charge in [-0.05, 0) is 48.0 Å². The first-order chi connectivity index (χ1) is 12.8. The largest absolute Gasteiger partial charge is 0.479 e. The van der Waals surface area contributed by atoms with Gasteiger partial charge in [-0.2, -0.15) is 4.90 Å². The van der Waals surface area contributed by atoms with Gasteiger partial charge in [-0.15, -0.1) is 0 Å². The molecule has 0 atom stereocenters. The van der Waals surface area contributed by atoms with Gasteiger partial charge in [0.15, 0.2) is 0 Å². The predicted molar refractivity (Wildman–Crippen MR) is 100 cm³/mol. The average molecular weight is 398 g/mol. The van der Waals surface area contributed by atoms with Gasteiger partial charge in [0.1, 0.15) is 29.0 Å². The van der Waals surface area contributed by atoms with Crippen molar-refractivity contribution in [3.8, 4) is 5.88 Å². The highest BCUT2D eigenvalue weighted by Crippen LogP contribution is 2.31. The number of halogens is 1. The number of imide groups is 1. The van der Waals surface area contributed by atoms with Crippen molar-refractivity contribution in [3.05, 3.63) is 17.6 Å². The maximum absolute atomic E-state index is 14.5. The van der Waals surface area contributed by atoms with Crippen LogP contribution >= 0.6 is 0 Å². The zero-order chi connectivity index (χ0) is 21.7. The van der Waals surface area contributed by atoms with Crippen molar-refractivity contribution in [2.24, 2.45) is 0 Å². The number of nitrogens with zero attached hydrogens (tertiary/aromatic N) is 2. The molecule has 0 aliphatic carbocycles. The molecule has 1 rings (SSSR count). The SMILES string of the molecule is COc1nc(CCC=O)c(F)cc1N(C(=O)OC(C)(C)C)C(=O)OC(C)(C)C. The summed E-state index contributed by atoms with van der Waals surface area (Å²) in [6.45, 7) is 9.73. The van der Waals surface area contributed by atoms with Crippen LogP contribution in [0.3, 0.4) is 0 Å². The zero-order valence-corrected chi connectivity index (χ0v) is 17.3. The third kappa shape index (κ3) is 6.79. The number of aldehydes is 1. The topological polar surface area (TPSA) is 95.0 Å². The van der Waals surface area contributed by atoms with Crippen LogP contribution in [0.5, 0.6) is 5.88 Å². The number of hydrogen-bond acceptors (Lipinski definition) is 7. The molecule has 8 nitrogen and oxygen atoms in total. The minimum absolute atomic E-state index is 0.0268. The molecule has 28 heavy (non-hydrogen) atoms. The lowest BCUT2D eigenvalue weighted by atomic mass is 10.2. The summed E-state index contributed by atoms with van der Waals surface area (Å²) in [5.74, 6) is -0.978. The van der Waals surface area contributed by atoms with Crippen LogP contribution in [0.25, 0.3) is 0 Å². The number of rotatable bonds is 5. The fourth-order valence-electron chi connectivity index (χ4n) is 2.07. The van der Waals surface area contributed by atoms with Crippen molar-refractivity contribution in [2.45, 2.75) is 65.6 Å². The van der Waals surface area contributed by atoms with Gasteiger partial charge in [0, 0.05) is 12.5 Å². The molecule has 0 saturated heterocycles. The van der Waals surface area contributed by atoms with Crippen LogP contribution in [0, 0.1) is 5.82 Å². The molecule has 1 aromatic heterocycles. The standard InChI is InChI=1S/C19H27FN2O6/c1-18(2,3)27-16(24)22(17(25)28-19(4,5)6)14-11-12(20)13(9-8-10-23)21-15(14)26-7/h10-11H,8-9H2,1-7H3. The van der Waals surface area contributed by atoms with Gasteiger partial charge in [0.2, 0.25) is 5.88 Å². The predicted octanol–water partition coefficient (Wildman–Crippen LogP) is 4.04. The van der Waals surface area contributed by atoms with E-state index in [2.05, 4.69) is 4.98 Å². The van der Waals surface area contributed by atoms with Crippen molar-refractivity contribution in [2.75, 3.05) is 12.0 Å². The lowest BCUT2D eigenvalue weighted by molar-refractivity contribution is -0.107. The van der Waals surface area contributed by atoms with E-state index in [0.717, 1.165) is 6.07 Å². The maximum atomic E-state index is 14.5. The Kier molecular flexibility index (Phi) is 7.49. The number of carbonyl (C=O) groups excluding carboxylic acids is 3. The molecular weight excluding hydrogens is 371 g/mol. The van der Waals surface area contributed by atoms with E-state index < -0.39 is 29.2 Å². The third-order valence-electron chi connectivity index (χ3n) is 3.08.